The number of nitrogens with zero attached hydrogens (tertiary/aromatic N) is 1. The maximum Gasteiger partial charge on any atom is 0.354 e. The molecule has 0 bridgehead atoms. The van der Waals surface area contributed by atoms with Crippen LogP contribution in [0.5, 0.6) is 0 Å². The molecule has 1 rings (SSSR count). The average molecular weight is 240 g/mol. The lowest BCUT2D eigenvalue weighted by Gasteiger charge is -2.15. The fourth-order valence-electron chi connectivity index (χ4n) is 1.27. The van der Waals surface area contributed by atoms with Crippen molar-refractivity contribution in [2.24, 2.45) is 0 Å². The van der Waals surface area contributed by atoms with Gasteiger partial charge in [0.1, 0.15) is 5.82 Å². The van der Waals surface area contributed by atoms with Gasteiger partial charge in [-0.05, 0) is 12.1 Å². The Morgan fingerprint density at radius 3 is 2.88 bits per heavy atom. The Kier molecular flexibility index (Phi) is 5.38. The van der Waals surface area contributed by atoms with E-state index >= 15 is 0 Å². The van der Waals surface area contributed by atoms with E-state index in [1.165, 1.54) is 6.07 Å². The molecule has 1 atom stereocenters. The number of hydrogen-bond donors (Lipinski definition) is 2. The molecule has 0 radical (unpaired) electrons. The Hall–Kier alpha value is -1.66. The molecule has 0 fully saturated rings. The number of carbonyl (C=O) groups is 1. The Bertz CT molecular complexity index is 370. The van der Waals surface area contributed by atoms with Gasteiger partial charge >= 0.3 is 5.97 Å². The number of aromatic nitrogens is 1. The normalized spacial score (nSPS) is 12.1. The number of rotatable bonds is 7. The van der Waals surface area contributed by atoms with Crippen molar-refractivity contribution in [1.82, 2.24) is 4.98 Å². The first-order valence-corrected chi connectivity index (χ1v) is 5.13. The third-order valence-electron chi connectivity index (χ3n) is 2.16. The van der Waals surface area contributed by atoms with Crippen molar-refractivity contribution in [3.63, 3.8) is 0 Å². The highest BCUT2D eigenvalue weighted by atomic mass is 16.5. The standard InChI is InChI=1S/C11H16N2O4/c1-16-7-8(17-2)6-12-10-5-3-4-9(13-10)11(14)15/h3-5,8H,6-7H2,1-2H3,(H,12,13)(H,14,15). The van der Waals surface area contributed by atoms with Crippen LogP contribution in [0.3, 0.4) is 0 Å². The van der Waals surface area contributed by atoms with E-state index < -0.39 is 5.97 Å². The number of hydrogen-bond acceptors (Lipinski definition) is 5. The van der Waals surface area contributed by atoms with Gasteiger partial charge in [-0.3, -0.25) is 0 Å². The second-order valence-corrected chi connectivity index (χ2v) is 3.41. The Morgan fingerprint density at radius 1 is 1.53 bits per heavy atom. The minimum atomic E-state index is -1.05. The van der Waals surface area contributed by atoms with E-state index in [0.29, 0.717) is 19.0 Å². The third-order valence-corrected chi connectivity index (χ3v) is 2.16. The summed E-state index contributed by atoms with van der Waals surface area (Å²) in [4.78, 5) is 14.6. The van der Waals surface area contributed by atoms with Gasteiger partial charge in [0.15, 0.2) is 5.69 Å². The van der Waals surface area contributed by atoms with Gasteiger partial charge in [-0.25, -0.2) is 9.78 Å². The zero-order valence-electron chi connectivity index (χ0n) is 9.84. The molecular weight excluding hydrogens is 224 g/mol. The van der Waals surface area contributed by atoms with E-state index in [0.717, 1.165) is 0 Å². The van der Waals surface area contributed by atoms with E-state index in [1.54, 1.807) is 26.4 Å². The SMILES string of the molecule is COCC(CNc1cccc(C(=O)O)n1)OC. The molecule has 1 heterocycles. The zero-order valence-corrected chi connectivity index (χ0v) is 9.84. The predicted octanol–water partition coefficient (Wildman–Crippen LogP) is 0.853. The van der Waals surface area contributed by atoms with Crippen LogP contribution in [0.1, 0.15) is 10.5 Å². The second-order valence-electron chi connectivity index (χ2n) is 3.41. The van der Waals surface area contributed by atoms with Crippen LogP contribution >= 0.6 is 0 Å². The van der Waals surface area contributed by atoms with Crippen molar-refractivity contribution in [3.05, 3.63) is 23.9 Å². The maximum absolute atomic E-state index is 10.7. The topological polar surface area (TPSA) is 80.7 Å². The van der Waals surface area contributed by atoms with Crippen LogP contribution in [-0.4, -0.2) is 49.5 Å². The quantitative estimate of drug-likeness (QED) is 0.735. The summed E-state index contributed by atoms with van der Waals surface area (Å²) in [7, 11) is 3.18. The summed E-state index contributed by atoms with van der Waals surface area (Å²) in [6, 6.07) is 4.78. The summed E-state index contributed by atoms with van der Waals surface area (Å²) >= 11 is 0. The molecule has 0 saturated heterocycles. The number of pyridine rings is 1. The smallest absolute Gasteiger partial charge is 0.354 e. The molecule has 6 nitrogen and oxygen atoms in total. The first kappa shape index (κ1) is 13.4. The first-order valence-electron chi connectivity index (χ1n) is 5.13. The van der Waals surface area contributed by atoms with Crippen molar-refractivity contribution in [2.75, 3.05) is 32.7 Å². The molecule has 6 heteroatoms. The number of carboxylic acid groups (broad SMARTS) is 1. The summed E-state index contributed by atoms with van der Waals surface area (Å²) in [6.45, 7) is 0.961. The summed E-state index contributed by atoms with van der Waals surface area (Å²) in [5, 5.41) is 11.8. The van der Waals surface area contributed by atoms with Crippen LogP contribution in [0.15, 0.2) is 18.2 Å². The number of methoxy groups -OCH3 is 2. The van der Waals surface area contributed by atoms with Crippen LogP contribution in [0, 0.1) is 0 Å². The molecule has 1 aromatic heterocycles. The van der Waals surface area contributed by atoms with Gasteiger partial charge in [-0.2, -0.15) is 0 Å². The van der Waals surface area contributed by atoms with Gasteiger partial charge in [0, 0.05) is 20.8 Å². The van der Waals surface area contributed by atoms with Crippen LogP contribution < -0.4 is 5.32 Å². The van der Waals surface area contributed by atoms with Gasteiger partial charge in [-0.15, -0.1) is 0 Å². The molecule has 1 aromatic rings. The maximum atomic E-state index is 10.7. The van der Waals surface area contributed by atoms with Crippen LogP contribution in [0.4, 0.5) is 5.82 Å². The zero-order chi connectivity index (χ0) is 12.7. The highest BCUT2D eigenvalue weighted by Gasteiger charge is 2.08. The molecule has 17 heavy (non-hydrogen) atoms. The number of aromatic carboxylic acids is 1. The lowest BCUT2D eigenvalue weighted by atomic mass is 10.3. The molecule has 0 aliphatic heterocycles. The summed E-state index contributed by atoms with van der Waals surface area (Å²) < 4.78 is 10.1. The summed E-state index contributed by atoms with van der Waals surface area (Å²) in [6.07, 6.45) is -0.102. The molecule has 1 unspecified atom stereocenters. The summed E-state index contributed by atoms with van der Waals surface area (Å²) in [5.41, 5.74) is 0.00992. The lowest BCUT2D eigenvalue weighted by molar-refractivity contribution is 0.0365. The molecule has 0 spiro atoms. The van der Waals surface area contributed by atoms with Crippen LogP contribution in [0.2, 0.25) is 0 Å². The highest BCUT2D eigenvalue weighted by Crippen LogP contribution is 2.05. The Morgan fingerprint density at radius 2 is 2.29 bits per heavy atom. The molecule has 0 aliphatic rings. The minimum absolute atomic E-state index is 0.00992. The third kappa shape index (κ3) is 4.38. The van der Waals surface area contributed by atoms with Gasteiger partial charge in [0.2, 0.25) is 0 Å². The molecule has 0 aliphatic carbocycles. The summed E-state index contributed by atoms with van der Waals surface area (Å²) in [5.74, 6) is -0.545. The predicted molar refractivity (Wildman–Crippen MR) is 62.4 cm³/mol. The van der Waals surface area contributed by atoms with Crippen molar-refractivity contribution >= 4 is 11.8 Å². The van der Waals surface area contributed by atoms with E-state index in [4.69, 9.17) is 14.6 Å². The monoisotopic (exact) mass is 240 g/mol. The fourth-order valence-corrected chi connectivity index (χ4v) is 1.27. The highest BCUT2D eigenvalue weighted by molar-refractivity contribution is 5.85. The van der Waals surface area contributed by atoms with Gasteiger partial charge in [0.25, 0.3) is 0 Å². The van der Waals surface area contributed by atoms with Crippen molar-refractivity contribution in [2.45, 2.75) is 6.10 Å². The van der Waals surface area contributed by atoms with Gasteiger partial charge in [-0.1, -0.05) is 6.07 Å². The lowest BCUT2D eigenvalue weighted by Crippen LogP contribution is -2.27. The molecule has 0 aromatic carbocycles. The van der Waals surface area contributed by atoms with E-state index in [2.05, 4.69) is 10.3 Å². The van der Waals surface area contributed by atoms with Gasteiger partial charge in [0.05, 0.1) is 12.7 Å². The fraction of sp³-hybridized carbons (Fsp3) is 0.455. The molecular formula is C11H16N2O4. The molecule has 2 N–H and O–H groups in total. The number of nitrogens with one attached hydrogen (secondary N) is 1. The van der Waals surface area contributed by atoms with E-state index in [9.17, 15) is 4.79 Å². The Balaban J connectivity index is 2.56. The largest absolute Gasteiger partial charge is 0.477 e. The Labute approximate surface area is 99.6 Å². The van der Waals surface area contributed by atoms with Crippen LogP contribution in [-0.2, 0) is 9.47 Å². The van der Waals surface area contributed by atoms with E-state index in [-0.39, 0.29) is 11.8 Å². The first-order chi connectivity index (χ1) is 8.17. The number of carboxylic acids is 1. The van der Waals surface area contributed by atoms with Crippen molar-refractivity contribution in [1.29, 1.82) is 0 Å². The molecule has 94 valence electrons. The van der Waals surface area contributed by atoms with Crippen molar-refractivity contribution < 1.29 is 19.4 Å². The van der Waals surface area contributed by atoms with Crippen molar-refractivity contribution in [3.8, 4) is 0 Å². The molecule has 0 amide bonds. The molecule has 0 saturated carbocycles. The second kappa shape index (κ2) is 6.82. The average Bonchev–Trinajstić information content (AvgIpc) is 2.34. The van der Waals surface area contributed by atoms with Crippen LogP contribution in [0.25, 0.3) is 0 Å². The minimum Gasteiger partial charge on any atom is -0.477 e. The number of anilines is 1. The number of ether oxygens (including phenoxy) is 2. The van der Waals surface area contributed by atoms with E-state index in [1.807, 2.05) is 0 Å². The van der Waals surface area contributed by atoms with Gasteiger partial charge < -0.3 is 19.9 Å².